The number of hydrogen-bond acceptors (Lipinski definition) is 5. The lowest BCUT2D eigenvalue weighted by Gasteiger charge is -2.48. The van der Waals surface area contributed by atoms with Gasteiger partial charge in [0.1, 0.15) is 17.3 Å². The maximum absolute atomic E-state index is 12.8. The van der Waals surface area contributed by atoms with Crippen molar-refractivity contribution in [3.05, 3.63) is 11.6 Å². The van der Waals surface area contributed by atoms with Gasteiger partial charge < -0.3 is 14.2 Å². The van der Waals surface area contributed by atoms with Gasteiger partial charge in [0.05, 0.1) is 12.0 Å². The maximum atomic E-state index is 12.8. The van der Waals surface area contributed by atoms with Crippen LogP contribution in [0.15, 0.2) is 11.6 Å². The van der Waals surface area contributed by atoms with Crippen molar-refractivity contribution in [2.24, 2.45) is 23.7 Å². The highest BCUT2D eigenvalue weighted by atomic mass is 16.6. The van der Waals surface area contributed by atoms with Gasteiger partial charge in [-0.15, -0.1) is 0 Å². The van der Waals surface area contributed by atoms with Crippen LogP contribution in [0.1, 0.15) is 66.7 Å². The van der Waals surface area contributed by atoms with Crippen LogP contribution < -0.4 is 0 Å². The predicted octanol–water partition coefficient (Wildman–Crippen LogP) is 3.80. The minimum atomic E-state index is -0.632. The third-order valence-corrected chi connectivity index (χ3v) is 7.64. The molecule has 0 radical (unpaired) electrons. The van der Waals surface area contributed by atoms with Gasteiger partial charge in [0.25, 0.3) is 0 Å². The zero-order chi connectivity index (χ0) is 19.6. The van der Waals surface area contributed by atoms with Crippen LogP contribution in [-0.2, 0) is 23.8 Å². The number of allylic oxidation sites excluding steroid dienone is 1. The molecule has 8 atom stereocenters. The summed E-state index contributed by atoms with van der Waals surface area (Å²) in [5.74, 6) is -0.0260. The molecule has 5 nitrogen and oxygen atoms in total. The molecule has 150 valence electrons. The molecule has 0 N–H and O–H groups in total. The van der Waals surface area contributed by atoms with Crippen LogP contribution in [0.3, 0.4) is 0 Å². The number of esters is 2. The zero-order valence-corrected chi connectivity index (χ0v) is 17.1. The van der Waals surface area contributed by atoms with E-state index in [1.165, 1.54) is 12.5 Å². The Morgan fingerprint density at radius 1 is 1.30 bits per heavy atom. The van der Waals surface area contributed by atoms with Crippen LogP contribution in [0, 0.1) is 23.7 Å². The second-order valence-electron chi connectivity index (χ2n) is 9.62. The lowest BCUT2D eigenvalue weighted by molar-refractivity contribution is -0.180. The summed E-state index contributed by atoms with van der Waals surface area (Å²) in [6.07, 6.45) is 6.22. The third-order valence-electron chi connectivity index (χ3n) is 7.64. The van der Waals surface area contributed by atoms with Gasteiger partial charge in [-0.1, -0.05) is 18.6 Å². The molecule has 1 saturated carbocycles. The van der Waals surface area contributed by atoms with E-state index in [4.69, 9.17) is 14.2 Å². The van der Waals surface area contributed by atoms with E-state index < -0.39 is 11.2 Å². The molecule has 3 aliphatic heterocycles. The Kier molecular flexibility index (Phi) is 4.45. The number of fused-ring (bicyclic) bond motifs is 2. The molecule has 0 aromatic rings. The average molecular weight is 376 g/mol. The summed E-state index contributed by atoms with van der Waals surface area (Å²) in [4.78, 5) is 24.8. The Bertz CT molecular complexity index is 684. The van der Waals surface area contributed by atoms with Crippen LogP contribution in [0.4, 0.5) is 0 Å². The molecular formula is C22H32O5. The van der Waals surface area contributed by atoms with Crippen molar-refractivity contribution < 1.29 is 23.8 Å². The Morgan fingerprint density at radius 3 is 2.74 bits per heavy atom. The predicted molar refractivity (Wildman–Crippen MR) is 99.8 cm³/mol. The van der Waals surface area contributed by atoms with Crippen LogP contribution in [0.25, 0.3) is 0 Å². The van der Waals surface area contributed by atoms with Gasteiger partial charge in [-0.05, 0) is 58.8 Å². The zero-order valence-electron chi connectivity index (χ0n) is 17.1. The van der Waals surface area contributed by atoms with E-state index in [1.807, 2.05) is 13.8 Å². The third kappa shape index (κ3) is 2.93. The van der Waals surface area contributed by atoms with Crippen molar-refractivity contribution in [1.29, 1.82) is 0 Å². The van der Waals surface area contributed by atoms with Crippen LogP contribution in [0.2, 0.25) is 0 Å². The van der Waals surface area contributed by atoms with Crippen LogP contribution in [-0.4, -0.2) is 35.3 Å². The Labute approximate surface area is 161 Å². The second kappa shape index (κ2) is 6.33. The van der Waals surface area contributed by atoms with E-state index in [0.717, 1.165) is 32.1 Å². The standard InChI is InChI=1S/C22H32O5/c1-12-7-6-9-22(5)19-17-15(13(2)20(24)27-22)8-10-21(4,26-14(3)23)18(17)16(11-12)25-19/h7,13,15-19H,6,8-11H2,1-5H3/t13-,15?,16?,17+,18+,19?,21-,22+/m1/s1. The van der Waals surface area contributed by atoms with E-state index in [9.17, 15) is 9.59 Å². The first-order valence-electron chi connectivity index (χ1n) is 10.4. The molecule has 3 fully saturated rings. The summed E-state index contributed by atoms with van der Waals surface area (Å²) in [6.45, 7) is 9.73. The fraction of sp³-hybridized carbons (Fsp3) is 0.818. The normalized spacial score (nSPS) is 49.1. The lowest BCUT2D eigenvalue weighted by Crippen LogP contribution is -2.54. The lowest BCUT2D eigenvalue weighted by atomic mass is 9.58. The van der Waals surface area contributed by atoms with Gasteiger partial charge in [-0.2, -0.15) is 0 Å². The minimum Gasteiger partial charge on any atom is -0.459 e. The summed E-state index contributed by atoms with van der Waals surface area (Å²) < 4.78 is 18.7. The number of ether oxygens (including phenoxy) is 3. The van der Waals surface area contributed by atoms with Crippen molar-refractivity contribution in [3.8, 4) is 0 Å². The van der Waals surface area contributed by atoms with Gasteiger partial charge in [-0.3, -0.25) is 9.59 Å². The molecule has 27 heavy (non-hydrogen) atoms. The van der Waals surface area contributed by atoms with Crippen LogP contribution in [0.5, 0.6) is 0 Å². The first-order chi connectivity index (χ1) is 12.6. The molecule has 2 bridgehead atoms. The van der Waals surface area contributed by atoms with E-state index in [1.54, 1.807) is 0 Å². The highest BCUT2D eigenvalue weighted by molar-refractivity contribution is 5.73. The van der Waals surface area contributed by atoms with Crippen molar-refractivity contribution in [1.82, 2.24) is 0 Å². The second-order valence-corrected chi connectivity index (χ2v) is 9.62. The van der Waals surface area contributed by atoms with Crippen molar-refractivity contribution >= 4 is 11.9 Å². The Balaban J connectivity index is 1.84. The molecule has 0 amide bonds. The quantitative estimate of drug-likeness (QED) is 0.514. The molecule has 3 unspecified atom stereocenters. The maximum Gasteiger partial charge on any atom is 0.309 e. The summed E-state index contributed by atoms with van der Waals surface area (Å²) in [6, 6.07) is 0. The van der Waals surface area contributed by atoms with Gasteiger partial charge in [0.2, 0.25) is 0 Å². The fourth-order valence-electron chi connectivity index (χ4n) is 6.41. The monoisotopic (exact) mass is 376 g/mol. The van der Waals surface area contributed by atoms with Crippen molar-refractivity contribution in [3.63, 3.8) is 0 Å². The van der Waals surface area contributed by atoms with Crippen molar-refractivity contribution in [2.75, 3.05) is 0 Å². The Morgan fingerprint density at radius 2 is 2.04 bits per heavy atom. The van der Waals surface area contributed by atoms with E-state index >= 15 is 0 Å². The summed E-state index contributed by atoms with van der Waals surface area (Å²) in [7, 11) is 0. The summed E-state index contributed by atoms with van der Waals surface area (Å²) >= 11 is 0. The summed E-state index contributed by atoms with van der Waals surface area (Å²) in [5.41, 5.74) is 0.113. The molecule has 4 rings (SSSR count). The Hall–Kier alpha value is -1.36. The number of carbonyl (C=O) groups is 2. The number of carbonyl (C=O) groups excluding carboxylic acids is 2. The largest absolute Gasteiger partial charge is 0.459 e. The fourth-order valence-corrected chi connectivity index (χ4v) is 6.41. The van der Waals surface area contributed by atoms with Gasteiger partial charge in [0, 0.05) is 18.8 Å². The van der Waals surface area contributed by atoms with E-state index in [2.05, 4.69) is 19.9 Å². The molecule has 1 aliphatic carbocycles. The first kappa shape index (κ1) is 19.0. The molecule has 0 aromatic heterocycles. The van der Waals surface area contributed by atoms with Gasteiger partial charge >= 0.3 is 11.9 Å². The molecular weight excluding hydrogens is 344 g/mol. The van der Waals surface area contributed by atoms with Gasteiger partial charge in [0.15, 0.2) is 0 Å². The molecule has 0 spiro atoms. The van der Waals surface area contributed by atoms with Crippen LogP contribution >= 0.6 is 0 Å². The molecule has 5 heteroatoms. The topological polar surface area (TPSA) is 61.8 Å². The molecule has 2 saturated heterocycles. The minimum absolute atomic E-state index is 0.00942. The highest BCUT2D eigenvalue weighted by Gasteiger charge is 2.66. The highest BCUT2D eigenvalue weighted by Crippen LogP contribution is 2.59. The van der Waals surface area contributed by atoms with E-state index in [0.29, 0.717) is 0 Å². The first-order valence-corrected chi connectivity index (χ1v) is 10.4. The van der Waals surface area contributed by atoms with Gasteiger partial charge in [-0.25, -0.2) is 0 Å². The summed E-state index contributed by atoms with van der Waals surface area (Å²) in [5, 5.41) is 0. The molecule has 0 aromatic carbocycles. The molecule has 4 aliphatic rings. The number of hydrogen-bond donors (Lipinski definition) is 0. The smallest absolute Gasteiger partial charge is 0.309 e. The molecule has 3 heterocycles. The SMILES string of the molecule is CC(=O)O[C@]1(C)CCC2[C@@H]3C4OC(CC(C)=CCC[C@]4(C)OC(=O)[C@@H]2C)[C@@H]31. The van der Waals surface area contributed by atoms with E-state index in [-0.39, 0.29) is 47.8 Å². The van der Waals surface area contributed by atoms with Crippen molar-refractivity contribution in [2.45, 2.75) is 90.1 Å². The number of rotatable bonds is 1. The average Bonchev–Trinajstić information content (AvgIpc) is 2.93.